The van der Waals surface area contributed by atoms with Gasteiger partial charge in [-0.15, -0.1) is 0 Å². The quantitative estimate of drug-likeness (QED) is 0.326. The Bertz CT molecular complexity index is 214. The van der Waals surface area contributed by atoms with Crippen LogP contribution >= 0.6 is 0 Å². The Morgan fingerprint density at radius 3 is 1.45 bits per heavy atom. The lowest BCUT2D eigenvalue weighted by Crippen LogP contribution is -3.05. The summed E-state index contributed by atoms with van der Waals surface area (Å²) in [5, 5.41) is 0. The number of halogens is 1. The molecule has 0 unspecified atom stereocenters. The second kappa shape index (κ2) is 21.0. The summed E-state index contributed by atoms with van der Waals surface area (Å²) in [7, 11) is 4.50. The number of unbranched alkanes of at least 4 members (excludes halogenated alkanes) is 12. The van der Waals surface area contributed by atoms with Crippen molar-refractivity contribution >= 4 is 0 Å². The molecule has 0 saturated carbocycles. The van der Waals surface area contributed by atoms with Crippen molar-refractivity contribution in [2.75, 3.05) is 20.6 Å². The van der Waals surface area contributed by atoms with Gasteiger partial charge in [0.15, 0.2) is 0 Å². The Kier molecular flexibility index (Phi) is 23.1. The summed E-state index contributed by atoms with van der Waals surface area (Å²) >= 11 is 0. The van der Waals surface area contributed by atoms with Crippen LogP contribution in [0.1, 0.15) is 96.8 Å². The summed E-state index contributed by atoms with van der Waals surface area (Å²) < 4.78 is 0. The maximum Gasteiger partial charge on any atom is 0.0766 e. The van der Waals surface area contributed by atoms with E-state index in [2.05, 4.69) is 33.2 Å². The van der Waals surface area contributed by atoms with Crippen LogP contribution in [-0.2, 0) is 0 Å². The SMILES string of the molecule is CCCCCCCC/C=C\CCCCCCCC[NH+](C)C.[Cl-]. The van der Waals surface area contributed by atoms with Crippen LogP contribution in [-0.4, -0.2) is 20.6 Å². The van der Waals surface area contributed by atoms with E-state index >= 15 is 0 Å². The molecule has 0 amide bonds. The first-order chi connectivity index (χ1) is 10.3. The largest absolute Gasteiger partial charge is 1.00 e. The van der Waals surface area contributed by atoms with Gasteiger partial charge in [-0.1, -0.05) is 70.4 Å². The molecule has 0 saturated heterocycles. The van der Waals surface area contributed by atoms with E-state index in [1.807, 2.05) is 0 Å². The van der Waals surface area contributed by atoms with Gasteiger partial charge < -0.3 is 17.3 Å². The highest BCUT2D eigenvalue weighted by atomic mass is 35.5. The molecule has 0 aromatic heterocycles. The predicted molar refractivity (Wildman–Crippen MR) is 97.1 cm³/mol. The van der Waals surface area contributed by atoms with Crippen molar-refractivity contribution in [1.29, 1.82) is 0 Å². The Morgan fingerprint density at radius 1 is 0.591 bits per heavy atom. The maximum absolute atomic E-state index is 2.42. The first kappa shape index (κ1) is 24.2. The van der Waals surface area contributed by atoms with Crippen molar-refractivity contribution in [3.63, 3.8) is 0 Å². The van der Waals surface area contributed by atoms with Crippen LogP contribution < -0.4 is 17.3 Å². The molecule has 0 radical (unpaired) electrons. The van der Waals surface area contributed by atoms with E-state index in [0.29, 0.717) is 0 Å². The monoisotopic (exact) mass is 331 g/mol. The van der Waals surface area contributed by atoms with Crippen LogP contribution in [0.5, 0.6) is 0 Å². The van der Waals surface area contributed by atoms with Gasteiger partial charge in [-0.3, -0.25) is 0 Å². The van der Waals surface area contributed by atoms with Crippen molar-refractivity contribution in [3.8, 4) is 0 Å². The molecule has 0 bridgehead atoms. The van der Waals surface area contributed by atoms with E-state index in [1.54, 1.807) is 4.90 Å². The van der Waals surface area contributed by atoms with E-state index < -0.39 is 0 Å². The molecule has 0 spiro atoms. The van der Waals surface area contributed by atoms with Crippen LogP contribution in [0.25, 0.3) is 0 Å². The smallest absolute Gasteiger partial charge is 0.0766 e. The van der Waals surface area contributed by atoms with Gasteiger partial charge >= 0.3 is 0 Å². The van der Waals surface area contributed by atoms with Crippen LogP contribution in [0.15, 0.2) is 12.2 Å². The highest BCUT2D eigenvalue weighted by molar-refractivity contribution is 4.81. The summed E-state index contributed by atoms with van der Waals surface area (Å²) in [6.07, 6.45) is 24.5. The minimum atomic E-state index is 0. The normalized spacial score (nSPS) is 11.3. The van der Waals surface area contributed by atoms with Gasteiger partial charge in [0, 0.05) is 0 Å². The number of quaternary nitrogens is 1. The molecule has 1 nitrogen and oxygen atoms in total. The van der Waals surface area contributed by atoms with Crippen LogP contribution in [0.3, 0.4) is 0 Å². The van der Waals surface area contributed by atoms with Crippen LogP contribution in [0, 0.1) is 0 Å². The van der Waals surface area contributed by atoms with Crippen molar-refractivity contribution in [1.82, 2.24) is 0 Å². The van der Waals surface area contributed by atoms with Gasteiger partial charge in [-0.25, -0.2) is 0 Å². The Labute approximate surface area is 147 Å². The summed E-state index contributed by atoms with van der Waals surface area (Å²) in [6.45, 7) is 3.62. The molecule has 0 aromatic carbocycles. The molecule has 0 aliphatic carbocycles. The molecule has 0 fully saturated rings. The van der Waals surface area contributed by atoms with Crippen molar-refractivity contribution < 1.29 is 17.3 Å². The molecule has 0 aromatic rings. The molecule has 0 heterocycles. The molecule has 1 N–H and O–H groups in total. The molecule has 22 heavy (non-hydrogen) atoms. The van der Waals surface area contributed by atoms with Crippen molar-refractivity contribution in [2.24, 2.45) is 0 Å². The maximum atomic E-state index is 2.42. The first-order valence-corrected chi connectivity index (χ1v) is 9.71. The Hall–Kier alpha value is -0.0100. The molecule has 0 aliphatic heterocycles. The zero-order chi connectivity index (χ0) is 15.6. The van der Waals surface area contributed by atoms with Gasteiger partial charge in [0.05, 0.1) is 20.6 Å². The molecule has 0 rings (SSSR count). The summed E-state index contributed by atoms with van der Waals surface area (Å²) in [5.74, 6) is 0. The van der Waals surface area contributed by atoms with E-state index in [-0.39, 0.29) is 12.4 Å². The molecular formula is C20H42ClN. The lowest BCUT2D eigenvalue weighted by Gasteiger charge is -2.06. The van der Waals surface area contributed by atoms with E-state index in [9.17, 15) is 0 Å². The molecule has 0 aliphatic rings. The van der Waals surface area contributed by atoms with Crippen LogP contribution in [0.4, 0.5) is 0 Å². The lowest BCUT2D eigenvalue weighted by molar-refractivity contribution is -0.858. The van der Waals surface area contributed by atoms with Crippen LogP contribution in [0.2, 0.25) is 0 Å². The molecule has 0 atom stereocenters. The second-order valence-electron chi connectivity index (χ2n) is 6.89. The fourth-order valence-corrected chi connectivity index (χ4v) is 2.73. The minimum absolute atomic E-state index is 0. The van der Waals surface area contributed by atoms with E-state index in [0.717, 1.165) is 0 Å². The van der Waals surface area contributed by atoms with E-state index in [1.165, 1.54) is 96.4 Å². The fraction of sp³-hybridized carbons (Fsp3) is 0.900. The zero-order valence-corrected chi connectivity index (χ0v) is 16.4. The number of hydrogen-bond donors (Lipinski definition) is 1. The van der Waals surface area contributed by atoms with Crippen molar-refractivity contribution in [2.45, 2.75) is 96.8 Å². The Morgan fingerprint density at radius 2 is 1.00 bits per heavy atom. The second-order valence-corrected chi connectivity index (χ2v) is 6.89. The van der Waals surface area contributed by atoms with Gasteiger partial charge in [-0.2, -0.15) is 0 Å². The third kappa shape index (κ3) is 22.3. The van der Waals surface area contributed by atoms with Gasteiger partial charge in [-0.05, 0) is 38.5 Å². The highest BCUT2D eigenvalue weighted by Crippen LogP contribution is 2.09. The zero-order valence-electron chi connectivity index (χ0n) is 15.6. The summed E-state index contributed by atoms with van der Waals surface area (Å²) in [5.41, 5.74) is 0. The van der Waals surface area contributed by atoms with Crippen molar-refractivity contribution in [3.05, 3.63) is 12.2 Å². The fourth-order valence-electron chi connectivity index (χ4n) is 2.73. The number of allylic oxidation sites excluding steroid dienone is 2. The highest BCUT2D eigenvalue weighted by Gasteiger charge is 1.94. The number of hydrogen-bond acceptors (Lipinski definition) is 0. The lowest BCUT2D eigenvalue weighted by atomic mass is 10.1. The average Bonchev–Trinajstić information content (AvgIpc) is 2.46. The van der Waals surface area contributed by atoms with Gasteiger partial charge in [0.25, 0.3) is 0 Å². The minimum Gasteiger partial charge on any atom is -1.00 e. The Balaban J connectivity index is 0. The summed E-state index contributed by atoms with van der Waals surface area (Å²) in [6, 6.07) is 0. The topological polar surface area (TPSA) is 4.44 Å². The van der Waals surface area contributed by atoms with E-state index in [4.69, 9.17) is 0 Å². The first-order valence-electron chi connectivity index (χ1n) is 9.71. The standard InChI is InChI=1S/C20H41N.ClH/c1-4-5-6-7-8-9-10-11-12-13-14-15-16-17-18-19-20-21(2)3;/h11-12H,4-10,13-20H2,1-3H3;1H/b12-11-;. The van der Waals surface area contributed by atoms with Gasteiger partial charge in [0.1, 0.15) is 0 Å². The molecular weight excluding hydrogens is 290 g/mol. The predicted octanol–water partition coefficient (Wildman–Crippen LogP) is 2.17. The van der Waals surface area contributed by atoms with Gasteiger partial charge in [0.2, 0.25) is 0 Å². The third-order valence-electron chi connectivity index (χ3n) is 4.19. The number of rotatable bonds is 16. The average molecular weight is 332 g/mol. The number of nitrogens with one attached hydrogen (secondary N) is 1. The summed E-state index contributed by atoms with van der Waals surface area (Å²) in [4.78, 5) is 1.59. The molecule has 2 heteroatoms. The molecule has 134 valence electrons. The third-order valence-corrected chi connectivity index (χ3v) is 4.19.